The summed E-state index contributed by atoms with van der Waals surface area (Å²) in [5, 5.41) is 11.6. The van der Waals surface area contributed by atoms with Crippen molar-refractivity contribution in [2.24, 2.45) is 0 Å². The number of aliphatic hydroxyl groups excluding tert-OH is 1. The minimum Gasteiger partial charge on any atom is -0.440 e. The molecular formula is C15H12ClNO3. The molecule has 0 radical (unpaired) electrons. The van der Waals surface area contributed by atoms with Crippen molar-refractivity contribution in [2.75, 3.05) is 11.9 Å². The van der Waals surface area contributed by atoms with E-state index in [1.807, 2.05) is 19.1 Å². The molecule has 1 aromatic carbocycles. The van der Waals surface area contributed by atoms with Crippen molar-refractivity contribution >= 4 is 23.2 Å². The topological polar surface area (TPSA) is 62.5 Å². The average Bonchev–Trinajstić information content (AvgIpc) is 2.82. The minimum absolute atomic E-state index is 0.138. The molecule has 0 unspecified atom stereocenters. The number of hydrogen-bond donors (Lipinski definition) is 2. The van der Waals surface area contributed by atoms with Crippen LogP contribution in [0.2, 0.25) is 5.22 Å². The summed E-state index contributed by atoms with van der Waals surface area (Å²) >= 11 is 5.63. The lowest BCUT2D eigenvalue weighted by Gasteiger charge is -2.05. The van der Waals surface area contributed by atoms with Crippen LogP contribution >= 0.6 is 11.6 Å². The van der Waals surface area contributed by atoms with Gasteiger partial charge >= 0.3 is 0 Å². The van der Waals surface area contributed by atoms with E-state index in [0.29, 0.717) is 11.3 Å². The molecule has 0 saturated carbocycles. The number of nitrogens with one attached hydrogen (secondary N) is 1. The lowest BCUT2D eigenvalue weighted by molar-refractivity contribution is 0.0997. The van der Waals surface area contributed by atoms with Gasteiger partial charge in [0.2, 0.25) is 0 Å². The normalized spacial score (nSPS) is 9.75. The van der Waals surface area contributed by atoms with E-state index < -0.39 is 0 Å². The number of carbonyl (C=O) groups excluding carboxylic acids is 1. The zero-order valence-electron chi connectivity index (χ0n) is 10.7. The second kappa shape index (κ2) is 6.29. The average molecular weight is 290 g/mol. The van der Waals surface area contributed by atoms with Gasteiger partial charge in [-0.2, -0.15) is 0 Å². The van der Waals surface area contributed by atoms with E-state index >= 15 is 0 Å². The predicted molar refractivity (Wildman–Crippen MR) is 76.8 cm³/mol. The zero-order chi connectivity index (χ0) is 14.5. The van der Waals surface area contributed by atoms with Crippen LogP contribution in [0.25, 0.3) is 0 Å². The Morgan fingerprint density at radius 1 is 1.40 bits per heavy atom. The molecule has 1 heterocycles. The number of hydrogen-bond acceptors (Lipinski definition) is 3. The Bertz CT molecular complexity index is 695. The molecule has 4 nitrogen and oxygen atoms in total. The van der Waals surface area contributed by atoms with Crippen LogP contribution < -0.4 is 5.32 Å². The monoisotopic (exact) mass is 289 g/mol. The maximum absolute atomic E-state index is 11.9. The van der Waals surface area contributed by atoms with Gasteiger partial charge < -0.3 is 14.8 Å². The molecule has 0 aliphatic carbocycles. The van der Waals surface area contributed by atoms with Crippen LogP contribution in [0.3, 0.4) is 0 Å². The van der Waals surface area contributed by atoms with E-state index in [0.717, 1.165) is 5.56 Å². The Balaban J connectivity index is 2.20. The van der Waals surface area contributed by atoms with Gasteiger partial charge in [0, 0.05) is 11.3 Å². The summed E-state index contributed by atoms with van der Waals surface area (Å²) < 4.78 is 5.04. The van der Waals surface area contributed by atoms with Crippen molar-refractivity contribution in [2.45, 2.75) is 6.92 Å². The van der Waals surface area contributed by atoms with Gasteiger partial charge in [-0.3, -0.25) is 4.79 Å². The fraction of sp³-hybridized carbons (Fsp3) is 0.133. The van der Waals surface area contributed by atoms with Crippen molar-refractivity contribution in [1.82, 2.24) is 0 Å². The summed E-state index contributed by atoms with van der Waals surface area (Å²) in [7, 11) is 0. The predicted octanol–water partition coefficient (Wildman–Crippen LogP) is 2.84. The first-order valence-electron chi connectivity index (χ1n) is 5.86. The van der Waals surface area contributed by atoms with Gasteiger partial charge in [0.15, 0.2) is 11.0 Å². The summed E-state index contributed by atoms with van der Waals surface area (Å²) in [5.41, 5.74) is 2.26. The molecule has 102 valence electrons. The molecule has 5 heteroatoms. The standard InChI is InChI=1S/C15H12ClNO3/c1-10-7-11(3-2-6-18)9-12(8-10)17-15(19)13-4-5-14(16)20-13/h4-5,7-9,18H,6H2,1H3,(H,17,19). The Kier molecular flexibility index (Phi) is 4.46. The summed E-state index contributed by atoms with van der Waals surface area (Å²) in [4.78, 5) is 11.9. The van der Waals surface area contributed by atoms with Crippen LogP contribution in [0.5, 0.6) is 0 Å². The quantitative estimate of drug-likeness (QED) is 0.836. The van der Waals surface area contributed by atoms with E-state index in [4.69, 9.17) is 21.1 Å². The van der Waals surface area contributed by atoms with E-state index in [9.17, 15) is 4.79 Å². The van der Waals surface area contributed by atoms with Crippen molar-refractivity contribution in [3.63, 3.8) is 0 Å². The van der Waals surface area contributed by atoms with E-state index in [-0.39, 0.29) is 23.5 Å². The molecule has 2 N–H and O–H groups in total. The Hall–Kier alpha value is -2.22. The van der Waals surface area contributed by atoms with Gasteiger partial charge in [0.25, 0.3) is 5.91 Å². The van der Waals surface area contributed by atoms with Crippen LogP contribution in [0, 0.1) is 18.8 Å². The number of amides is 1. The molecule has 1 amide bonds. The van der Waals surface area contributed by atoms with Crippen LogP contribution in [-0.2, 0) is 0 Å². The molecular weight excluding hydrogens is 278 g/mol. The van der Waals surface area contributed by atoms with Crippen molar-refractivity contribution in [3.8, 4) is 11.8 Å². The van der Waals surface area contributed by atoms with Gasteiger partial charge in [-0.05, 0) is 54.4 Å². The number of halogens is 1. The third-order valence-electron chi connectivity index (χ3n) is 2.44. The Morgan fingerprint density at radius 3 is 2.85 bits per heavy atom. The van der Waals surface area contributed by atoms with Crippen LogP contribution in [0.15, 0.2) is 34.7 Å². The molecule has 20 heavy (non-hydrogen) atoms. The highest BCUT2D eigenvalue weighted by Gasteiger charge is 2.11. The molecule has 0 spiro atoms. The fourth-order valence-electron chi connectivity index (χ4n) is 1.70. The summed E-state index contributed by atoms with van der Waals surface area (Å²) in [6.45, 7) is 1.68. The van der Waals surface area contributed by atoms with Crippen molar-refractivity contribution in [3.05, 3.63) is 52.4 Å². The number of furan rings is 1. The maximum Gasteiger partial charge on any atom is 0.291 e. The molecule has 0 aliphatic rings. The number of aryl methyl sites for hydroxylation is 1. The van der Waals surface area contributed by atoms with Crippen LogP contribution in [0.4, 0.5) is 5.69 Å². The van der Waals surface area contributed by atoms with E-state index in [1.54, 1.807) is 6.07 Å². The van der Waals surface area contributed by atoms with Crippen molar-refractivity contribution < 1.29 is 14.3 Å². The highest BCUT2D eigenvalue weighted by Crippen LogP contribution is 2.17. The molecule has 2 aromatic rings. The number of rotatable bonds is 2. The van der Waals surface area contributed by atoms with E-state index in [1.165, 1.54) is 12.1 Å². The first kappa shape index (κ1) is 14.2. The first-order valence-corrected chi connectivity index (χ1v) is 6.24. The SMILES string of the molecule is Cc1cc(C#CCO)cc(NC(=O)c2ccc(Cl)o2)c1. The number of aliphatic hydroxyl groups is 1. The minimum atomic E-state index is -0.386. The van der Waals surface area contributed by atoms with Gasteiger partial charge in [-0.1, -0.05) is 11.8 Å². The third kappa shape index (κ3) is 3.64. The first-order chi connectivity index (χ1) is 9.58. The molecule has 0 aliphatic heterocycles. The van der Waals surface area contributed by atoms with Gasteiger partial charge in [0.1, 0.15) is 6.61 Å². The molecule has 0 atom stereocenters. The summed E-state index contributed by atoms with van der Waals surface area (Å²) in [6.07, 6.45) is 0. The van der Waals surface area contributed by atoms with Gasteiger partial charge in [-0.25, -0.2) is 0 Å². The third-order valence-corrected chi connectivity index (χ3v) is 2.65. The summed E-state index contributed by atoms with van der Waals surface area (Å²) in [6, 6.07) is 8.40. The highest BCUT2D eigenvalue weighted by molar-refractivity contribution is 6.29. The van der Waals surface area contributed by atoms with Crippen LogP contribution in [0.1, 0.15) is 21.7 Å². The molecule has 0 fully saturated rings. The number of benzene rings is 1. The largest absolute Gasteiger partial charge is 0.440 e. The highest BCUT2D eigenvalue weighted by atomic mass is 35.5. The number of anilines is 1. The van der Waals surface area contributed by atoms with Gasteiger partial charge in [-0.15, -0.1) is 0 Å². The zero-order valence-corrected chi connectivity index (χ0v) is 11.5. The maximum atomic E-state index is 11.9. The second-order valence-corrected chi connectivity index (χ2v) is 4.48. The fourth-order valence-corrected chi connectivity index (χ4v) is 1.84. The molecule has 0 saturated heterocycles. The van der Waals surface area contributed by atoms with E-state index in [2.05, 4.69) is 17.2 Å². The Labute approximate surface area is 121 Å². The van der Waals surface area contributed by atoms with Gasteiger partial charge in [0.05, 0.1) is 0 Å². The molecule has 1 aromatic heterocycles. The smallest absolute Gasteiger partial charge is 0.291 e. The number of carbonyl (C=O) groups is 1. The Morgan fingerprint density at radius 2 is 2.20 bits per heavy atom. The lowest BCUT2D eigenvalue weighted by Crippen LogP contribution is -2.11. The lowest BCUT2D eigenvalue weighted by atomic mass is 10.1. The van der Waals surface area contributed by atoms with Crippen molar-refractivity contribution in [1.29, 1.82) is 0 Å². The summed E-state index contributed by atoms with van der Waals surface area (Å²) in [5.74, 6) is 5.11. The molecule has 2 rings (SSSR count). The second-order valence-electron chi connectivity index (χ2n) is 4.11. The molecule has 0 bridgehead atoms. The van der Waals surface area contributed by atoms with Crippen LogP contribution in [-0.4, -0.2) is 17.6 Å².